The summed E-state index contributed by atoms with van der Waals surface area (Å²) in [7, 11) is 0. The summed E-state index contributed by atoms with van der Waals surface area (Å²) in [6.07, 6.45) is 1.46. The number of anilines is 1. The summed E-state index contributed by atoms with van der Waals surface area (Å²) in [5.74, 6) is -0.336. The molecule has 0 aliphatic rings. The zero-order chi connectivity index (χ0) is 10.3. The van der Waals surface area contributed by atoms with Crippen molar-refractivity contribution < 1.29 is 4.39 Å². The van der Waals surface area contributed by atoms with Gasteiger partial charge < -0.3 is 5.73 Å². The van der Waals surface area contributed by atoms with Gasteiger partial charge in [0.15, 0.2) is 5.82 Å². The van der Waals surface area contributed by atoms with Crippen LogP contribution >= 0.6 is 15.9 Å². The normalized spacial score (nSPS) is 10.8. The molecule has 14 heavy (non-hydrogen) atoms. The van der Waals surface area contributed by atoms with Gasteiger partial charge in [-0.15, -0.1) is 0 Å². The molecule has 2 aromatic rings. The molecule has 1 aromatic carbocycles. The summed E-state index contributed by atoms with van der Waals surface area (Å²) in [6, 6.07) is 3.15. The van der Waals surface area contributed by atoms with Crippen LogP contribution in [0.2, 0.25) is 0 Å². The van der Waals surface area contributed by atoms with Crippen LogP contribution in [-0.4, -0.2) is 4.98 Å². The number of aryl methyl sites for hydroxylation is 1. The number of pyridine rings is 1. The van der Waals surface area contributed by atoms with E-state index in [4.69, 9.17) is 5.73 Å². The summed E-state index contributed by atoms with van der Waals surface area (Å²) in [6.45, 7) is 1.90. The number of hydrogen-bond acceptors (Lipinski definition) is 2. The van der Waals surface area contributed by atoms with Crippen LogP contribution in [0, 0.1) is 12.7 Å². The van der Waals surface area contributed by atoms with Gasteiger partial charge in [-0.25, -0.2) is 4.39 Å². The molecule has 2 rings (SSSR count). The standard InChI is InChI=1S/C10H8BrFN2/c1-5-7-2-6(13)4-14-10(7)9(12)3-8(5)11/h2-4H,13H2,1H3. The fourth-order valence-electron chi connectivity index (χ4n) is 1.37. The van der Waals surface area contributed by atoms with Gasteiger partial charge in [0.05, 0.1) is 11.9 Å². The minimum atomic E-state index is -0.336. The van der Waals surface area contributed by atoms with Crippen molar-refractivity contribution >= 4 is 32.5 Å². The fraction of sp³-hybridized carbons (Fsp3) is 0.100. The van der Waals surface area contributed by atoms with E-state index < -0.39 is 0 Å². The molecule has 0 aliphatic heterocycles. The first-order valence-corrected chi connectivity index (χ1v) is 4.88. The molecule has 1 heterocycles. The fourth-order valence-corrected chi connectivity index (χ4v) is 1.79. The maximum Gasteiger partial charge on any atom is 0.150 e. The molecule has 2 nitrogen and oxygen atoms in total. The molecule has 0 bridgehead atoms. The van der Waals surface area contributed by atoms with Crippen molar-refractivity contribution in [2.45, 2.75) is 6.92 Å². The average Bonchev–Trinajstić information content (AvgIpc) is 2.14. The highest BCUT2D eigenvalue weighted by Gasteiger charge is 2.08. The van der Waals surface area contributed by atoms with E-state index in [0.717, 1.165) is 15.4 Å². The highest BCUT2D eigenvalue weighted by atomic mass is 79.9. The van der Waals surface area contributed by atoms with Crippen molar-refractivity contribution in [3.63, 3.8) is 0 Å². The van der Waals surface area contributed by atoms with E-state index >= 15 is 0 Å². The molecular weight excluding hydrogens is 247 g/mol. The molecule has 0 saturated heterocycles. The van der Waals surface area contributed by atoms with Gasteiger partial charge in [0.25, 0.3) is 0 Å². The maximum absolute atomic E-state index is 13.4. The van der Waals surface area contributed by atoms with Gasteiger partial charge in [0, 0.05) is 9.86 Å². The van der Waals surface area contributed by atoms with Crippen molar-refractivity contribution in [1.29, 1.82) is 0 Å². The highest BCUT2D eigenvalue weighted by molar-refractivity contribution is 9.10. The summed E-state index contributed by atoms with van der Waals surface area (Å²) in [4.78, 5) is 3.96. The number of nitrogens with two attached hydrogens (primary N) is 1. The number of nitrogen functional groups attached to an aromatic ring is 1. The molecule has 0 atom stereocenters. The largest absolute Gasteiger partial charge is 0.397 e. The number of fused-ring (bicyclic) bond motifs is 1. The van der Waals surface area contributed by atoms with Gasteiger partial charge in [-0.2, -0.15) is 0 Å². The van der Waals surface area contributed by atoms with Crippen molar-refractivity contribution in [2.75, 3.05) is 5.73 Å². The van der Waals surface area contributed by atoms with E-state index in [9.17, 15) is 4.39 Å². The van der Waals surface area contributed by atoms with E-state index in [0.29, 0.717) is 11.2 Å². The van der Waals surface area contributed by atoms with Crippen LogP contribution in [0.15, 0.2) is 22.8 Å². The van der Waals surface area contributed by atoms with E-state index in [2.05, 4.69) is 20.9 Å². The first kappa shape index (κ1) is 9.40. The van der Waals surface area contributed by atoms with Gasteiger partial charge >= 0.3 is 0 Å². The molecule has 0 radical (unpaired) electrons. The van der Waals surface area contributed by atoms with Crippen LogP contribution in [0.5, 0.6) is 0 Å². The van der Waals surface area contributed by atoms with Gasteiger partial charge in [-0.1, -0.05) is 15.9 Å². The molecule has 0 unspecified atom stereocenters. The Morgan fingerprint density at radius 2 is 2.14 bits per heavy atom. The van der Waals surface area contributed by atoms with E-state index in [-0.39, 0.29) is 5.82 Å². The highest BCUT2D eigenvalue weighted by Crippen LogP contribution is 2.28. The molecule has 72 valence electrons. The lowest BCUT2D eigenvalue weighted by Gasteiger charge is -2.05. The van der Waals surface area contributed by atoms with Crippen molar-refractivity contribution in [3.05, 3.63) is 34.2 Å². The quantitative estimate of drug-likeness (QED) is 0.785. The van der Waals surface area contributed by atoms with Crippen LogP contribution in [0.25, 0.3) is 10.9 Å². The van der Waals surface area contributed by atoms with Crippen molar-refractivity contribution in [1.82, 2.24) is 4.98 Å². The molecule has 0 saturated carbocycles. The predicted molar refractivity (Wildman–Crippen MR) is 58.6 cm³/mol. The molecule has 0 amide bonds. The second kappa shape index (κ2) is 3.20. The molecule has 1 aromatic heterocycles. The zero-order valence-electron chi connectivity index (χ0n) is 7.51. The molecule has 0 aliphatic carbocycles. The Bertz CT molecular complexity index is 511. The SMILES string of the molecule is Cc1c(Br)cc(F)c2ncc(N)cc12. The second-order valence-electron chi connectivity index (χ2n) is 3.13. The van der Waals surface area contributed by atoms with Crippen LogP contribution < -0.4 is 5.73 Å². The van der Waals surface area contributed by atoms with E-state index in [1.165, 1.54) is 12.3 Å². The number of benzene rings is 1. The van der Waals surface area contributed by atoms with Crippen molar-refractivity contribution in [3.8, 4) is 0 Å². The predicted octanol–water partition coefficient (Wildman–Crippen LogP) is 3.03. The summed E-state index contributed by atoms with van der Waals surface area (Å²) < 4.78 is 14.2. The Hall–Kier alpha value is -1.16. The molecule has 2 N–H and O–H groups in total. The molecular formula is C10H8BrFN2. The number of halogens is 2. The molecule has 0 spiro atoms. The zero-order valence-corrected chi connectivity index (χ0v) is 9.10. The Morgan fingerprint density at radius 3 is 2.86 bits per heavy atom. The Morgan fingerprint density at radius 1 is 1.43 bits per heavy atom. The van der Waals surface area contributed by atoms with Crippen LogP contribution in [0.1, 0.15) is 5.56 Å². The lowest BCUT2D eigenvalue weighted by atomic mass is 10.1. The number of hydrogen-bond donors (Lipinski definition) is 1. The van der Waals surface area contributed by atoms with E-state index in [1.54, 1.807) is 6.07 Å². The average molecular weight is 255 g/mol. The van der Waals surface area contributed by atoms with Crippen LogP contribution in [0.4, 0.5) is 10.1 Å². The summed E-state index contributed by atoms with van der Waals surface area (Å²) in [5, 5.41) is 0.747. The van der Waals surface area contributed by atoms with Gasteiger partial charge in [0.1, 0.15) is 5.52 Å². The molecule has 4 heteroatoms. The number of aromatic nitrogens is 1. The second-order valence-corrected chi connectivity index (χ2v) is 3.98. The Labute approximate surface area is 89.1 Å². The van der Waals surface area contributed by atoms with Crippen LogP contribution in [0.3, 0.4) is 0 Å². The number of nitrogens with zero attached hydrogens (tertiary/aromatic N) is 1. The van der Waals surface area contributed by atoms with Crippen molar-refractivity contribution in [2.24, 2.45) is 0 Å². The van der Waals surface area contributed by atoms with Crippen LogP contribution in [-0.2, 0) is 0 Å². The lowest BCUT2D eigenvalue weighted by Crippen LogP contribution is -1.92. The minimum absolute atomic E-state index is 0.336. The third kappa shape index (κ3) is 1.35. The van der Waals surface area contributed by atoms with Gasteiger partial charge in [-0.3, -0.25) is 4.98 Å². The first-order chi connectivity index (χ1) is 6.59. The number of rotatable bonds is 0. The third-order valence-electron chi connectivity index (χ3n) is 2.15. The summed E-state index contributed by atoms with van der Waals surface area (Å²) >= 11 is 3.28. The monoisotopic (exact) mass is 254 g/mol. The minimum Gasteiger partial charge on any atom is -0.397 e. The Kier molecular flexibility index (Phi) is 2.15. The third-order valence-corrected chi connectivity index (χ3v) is 2.97. The topological polar surface area (TPSA) is 38.9 Å². The summed E-state index contributed by atoms with van der Waals surface area (Å²) in [5.41, 5.74) is 7.44. The maximum atomic E-state index is 13.4. The van der Waals surface area contributed by atoms with E-state index in [1.807, 2.05) is 6.92 Å². The van der Waals surface area contributed by atoms with Gasteiger partial charge in [0.2, 0.25) is 0 Å². The first-order valence-electron chi connectivity index (χ1n) is 4.09. The lowest BCUT2D eigenvalue weighted by molar-refractivity contribution is 0.635. The Balaban J connectivity index is 2.95. The molecule has 0 fully saturated rings. The van der Waals surface area contributed by atoms with Gasteiger partial charge in [-0.05, 0) is 24.6 Å². The smallest absolute Gasteiger partial charge is 0.150 e.